The minimum atomic E-state index is -0.623. The first-order chi connectivity index (χ1) is 10.5. The van der Waals surface area contributed by atoms with Crippen LogP contribution in [0.1, 0.15) is 29.0 Å². The number of carbonyl (C=O) groups is 1. The Kier molecular flexibility index (Phi) is 3.53. The lowest BCUT2D eigenvalue weighted by Gasteiger charge is -2.11. The van der Waals surface area contributed by atoms with Crippen LogP contribution in [-0.4, -0.2) is 22.6 Å². The van der Waals surface area contributed by atoms with Crippen molar-refractivity contribution in [2.75, 3.05) is 7.11 Å². The van der Waals surface area contributed by atoms with E-state index in [2.05, 4.69) is 15.8 Å². The Morgan fingerprint density at radius 2 is 2.32 bits per heavy atom. The summed E-state index contributed by atoms with van der Waals surface area (Å²) in [6, 6.07) is 4.92. The standard InChI is InChI=1S/C15H13ClFN3O2/c1-22-14(21)9-4-10(17)13-11(5-9)20(12(6-16)19-13)8-15(7-18)2-3-15/h4-5H,2-3,6,8H2,1H3. The molecule has 1 fully saturated rings. The lowest BCUT2D eigenvalue weighted by atomic mass is 10.1. The molecule has 0 radical (unpaired) electrons. The zero-order valence-corrected chi connectivity index (χ0v) is 12.7. The average Bonchev–Trinajstić information content (AvgIpc) is 3.22. The summed E-state index contributed by atoms with van der Waals surface area (Å²) in [7, 11) is 1.24. The van der Waals surface area contributed by atoms with E-state index < -0.39 is 17.2 Å². The Morgan fingerprint density at radius 1 is 1.59 bits per heavy atom. The maximum atomic E-state index is 14.2. The number of benzene rings is 1. The Balaban J connectivity index is 2.18. The third-order valence-corrected chi connectivity index (χ3v) is 4.22. The molecule has 0 aliphatic heterocycles. The number of halogens is 2. The van der Waals surface area contributed by atoms with Crippen LogP contribution in [0.5, 0.6) is 0 Å². The molecular weight excluding hydrogens is 309 g/mol. The molecule has 2 aromatic rings. The van der Waals surface area contributed by atoms with Gasteiger partial charge in [-0.05, 0) is 25.0 Å². The van der Waals surface area contributed by atoms with E-state index in [-0.39, 0.29) is 17.0 Å². The molecule has 1 saturated carbocycles. The van der Waals surface area contributed by atoms with Crippen LogP contribution in [0.2, 0.25) is 0 Å². The van der Waals surface area contributed by atoms with Crippen molar-refractivity contribution in [2.45, 2.75) is 25.3 Å². The summed E-state index contributed by atoms with van der Waals surface area (Å²) >= 11 is 5.90. The third-order valence-electron chi connectivity index (χ3n) is 3.98. The van der Waals surface area contributed by atoms with Crippen LogP contribution in [0, 0.1) is 22.6 Å². The summed E-state index contributed by atoms with van der Waals surface area (Å²) in [4.78, 5) is 15.9. The molecular formula is C15H13ClFN3O2. The second-order valence-electron chi connectivity index (χ2n) is 5.46. The van der Waals surface area contributed by atoms with Crippen molar-refractivity contribution >= 4 is 28.6 Å². The molecule has 0 atom stereocenters. The van der Waals surface area contributed by atoms with Crippen LogP contribution in [0.25, 0.3) is 11.0 Å². The SMILES string of the molecule is COC(=O)c1cc(F)c2nc(CCl)n(CC3(C#N)CC3)c2c1. The largest absolute Gasteiger partial charge is 0.465 e. The van der Waals surface area contributed by atoms with Crippen LogP contribution in [0.15, 0.2) is 12.1 Å². The fourth-order valence-corrected chi connectivity index (χ4v) is 2.71. The Labute approximate surface area is 131 Å². The van der Waals surface area contributed by atoms with E-state index in [1.165, 1.54) is 13.2 Å². The summed E-state index contributed by atoms with van der Waals surface area (Å²) in [5.74, 6) is -0.644. The number of esters is 1. The quantitative estimate of drug-likeness (QED) is 0.641. The van der Waals surface area contributed by atoms with Crippen molar-refractivity contribution in [3.63, 3.8) is 0 Å². The highest BCUT2D eigenvalue weighted by molar-refractivity contribution is 6.16. The predicted molar refractivity (Wildman–Crippen MR) is 77.9 cm³/mol. The minimum Gasteiger partial charge on any atom is -0.465 e. The second-order valence-corrected chi connectivity index (χ2v) is 5.72. The van der Waals surface area contributed by atoms with Gasteiger partial charge in [0.25, 0.3) is 0 Å². The number of hydrogen-bond donors (Lipinski definition) is 0. The van der Waals surface area contributed by atoms with Crippen LogP contribution in [-0.2, 0) is 17.2 Å². The maximum absolute atomic E-state index is 14.2. The van der Waals surface area contributed by atoms with Crippen LogP contribution < -0.4 is 0 Å². The minimum absolute atomic E-state index is 0.100. The van der Waals surface area contributed by atoms with Crippen molar-refractivity contribution in [1.29, 1.82) is 5.26 Å². The van der Waals surface area contributed by atoms with Crippen molar-refractivity contribution in [1.82, 2.24) is 9.55 Å². The lowest BCUT2D eigenvalue weighted by molar-refractivity contribution is 0.0600. The Morgan fingerprint density at radius 3 is 2.86 bits per heavy atom. The fourth-order valence-electron chi connectivity index (χ4n) is 2.50. The molecule has 1 aromatic carbocycles. The zero-order valence-electron chi connectivity index (χ0n) is 11.9. The van der Waals surface area contributed by atoms with E-state index in [9.17, 15) is 14.4 Å². The fraction of sp³-hybridized carbons (Fsp3) is 0.400. The smallest absolute Gasteiger partial charge is 0.338 e. The van der Waals surface area contributed by atoms with Gasteiger partial charge in [-0.3, -0.25) is 0 Å². The van der Waals surface area contributed by atoms with E-state index in [0.29, 0.717) is 17.9 Å². The molecule has 1 heterocycles. The molecule has 0 amide bonds. The first kappa shape index (κ1) is 14.8. The number of nitriles is 1. The zero-order chi connectivity index (χ0) is 15.9. The Hall–Kier alpha value is -2.13. The highest BCUT2D eigenvalue weighted by Gasteiger charge is 2.44. The molecule has 0 saturated heterocycles. The van der Waals surface area contributed by atoms with Gasteiger partial charge in [0.15, 0.2) is 5.82 Å². The molecule has 0 N–H and O–H groups in total. The van der Waals surface area contributed by atoms with Gasteiger partial charge in [0.1, 0.15) is 11.3 Å². The molecule has 22 heavy (non-hydrogen) atoms. The van der Waals surface area contributed by atoms with E-state index in [1.54, 1.807) is 4.57 Å². The summed E-state index contributed by atoms with van der Waals surface area (Å²) in [5, 5.41) is 9.26. The molecule has 3 rings (SSSR count). The van der Waals surface area contributed by atoms with Crippen LogP contribution >= 0.6 is 11.6 Å². The molecule has 0 unspecified atom stereocenters. The van der Waals surface area contributed by atoms with Gasteiger partial charge >= 0.3 is 5.97 Å². The Bertz CT molecular complexity index is 805. The van der Waals surface area contributed by atoms with Crippen molar-refractivity contribution in [3.8, 4) is 6.07 Å². The molecule has 0 spiro atoms. The first-order valence-electron chi connectivity index (χ1n) is 6.78. The van der Waals surface area contributed by atoms with Crippen LogP contribution in [0.4, 0.5) is 4.39 Å². The molecule has 1 aliphatic rings. The monoisotopic (exact) mass is 321 g/mol. The molecule has 1 aliphatic carbocycles. The molecule has 5 nitrogen and oxygen atoms in total. The summed E-state index contributed by atoms with van der Waals surface area (Å²) in [6.45, 7) is 0.395. The molecule has 0 bridgehead atoms. The number of methoxy groups -OCH3 is 1. The van der Waals surface area contributed by atoms with Gasteiger partial charge in [0.2, 0.25) is 0 Å². The van der Waals surface area contributed by atoms with Gasteiger partial charge < -0.3 is 9.30 Å². The predicted octanol–water partition coefficient (Wildman–Crippen LogP) is 3.00. The van der Waals surface area contributed by atoms with Gasteiger partial charge in [0, 0.05) is 6.54 Å². The second kappa shape index (κ2) is 5.25. The number of carbonyl (C=O) groups excluding carboxylic acids is 1. The average molecular weight is 322 g/mol. The van der Waals surface area contributed by atoms with E-state index in [1.807, 2.05) is 0 Å². The van der Waals surface area contributed by atoms with E-state index in [4.69, 9.17) is 11.6 Å². The number of nitrogens with zero attached hydrogens (tertiary/aromatic N) is 3. The number of rotatable bonds is 4. The first-order valence-corrected chi connectivity index (χ1v) is 7.31. The van der Waals surface area contributed by atoms with Gasteiger partial charge in [0.05, 0.1) is 35.6 Å². The van der Waals surface area contributed by atoms with Gasteiger partial charge in [-0.1, -0.05) is 0 Å². The van der Waals surface area contributed by atoms with E-state index >= 15 is 0 Å². The molecule has 7 heteroatoms. The number of hydrogen-bond acceptors (Lipinski definition) is 4. The summed E-state index contributed by atoms with van der Waals surface area (Å²) in [6.07, 6.45) is 1.59. The summed E-state index contributed by atoms with van der Waals surface area (Å²) < 4.78 is 20.6. The highest BCUT2D eigenvalue weighted by atomic mass is 35.5. The maximum Gasteiger partial charge on any atom is 0.338 e. The normalized spacial score (nSPS) is 15.5. The third kappa shape index (κ3) is 2.32. The number of ether oxygens (including phenoxy) is 1. The number of aromatic nitrogens is 2. The molecule has 114 valence electrons. The molecule has 1 aromatic heterocycles. The van der Waals surface area contributed by atoms with Crippen molar-refractivity contribution < 1.29 is 13.9 Å². The van der Waals surface area contributed by atoms with Crippen molar-refractivity contribution in [3.05, 3.63) is 29.3 Å². The number of fused-ring (bicyclic) bond motifs is 1. The van der Waals surface area contributed by atoms with Crippen molar-refractivity contribution in [2.24, 2.45) is 5.41 Å². The summed E-state index contributed by atoms with van der Waals surface area (Å²) in [5.41, 5.74) is 0.276. The lowest BCUT2D eigenvalue weighted by Crippen LogP contribution is -2.12. The van der Waals surface area contributed by atoms with E-state index in [0.717, 1.165) is 18.9 Å². The van der Waals surface area contributed by atoms with Gasteiger partial charge in [-0.2, -0.15) is 5.26 Å². The van der Waals surface area contributed by atoms with Crippen LogP contribution in [0.3, 0.4) is 0 Å². The number of imidazole rings is 1. The number of alkyl halides is 1. The van der Waals surface area contributed by atoms with Gasteiger partial charge in [-0.25, -0.2) is 14.2 Å². The topological polar surface area (TPSA) is 67.9 Å². The highest BCUT2D eigenvalue weighted by Crippen LogP contribution is 2.47. The van der Waals surface area contributed by atoms with Gasteiger partial charge in [-0.15, -0.1) is 11.6 Å².